The van der Waals surface area contributed by atoms with Crippen LogP contribution >= 0.6 is 0 Å². The van der Waals surface area contributed by atoms with Crippen LogP contribution in [0.25, 0.3) is 12.2 Å². The van der Waals surface area contributed by atoms with E-state index < -0.39 is 0 Å². The Morgan fingerprint density at radius 3 is 2.50 bits per heavy atom. The van der Waals surface area contributed by atoms with Crippen LogP contribution in [0.3, 0.4) is 0 Å². The number of hydrogen-bond donors (Lipinski definition) is 0. The van der Waals surface area contributed by atoms with Crippen LogP contribution in [0.4, 0.5) is 0 Å². The molecule has 0 saturated heterocycles. The van der Waals surface area contributed by atoms with E-state index in [2.05, 4.69) is 48.3 Å². The quantitative estimate of drug-likeness (QED) is 0.741. The van der Waals surface area contributed by atoms with Crippen LogP contribution in [0.15, 0.2) is 48.7 Å². The Morgan fingerprint density at radius 1 is 1.00 bits per heavy atom. The molecule has 18 heavy (non-hydrogen) atoms. The van der Waals surface area contributed by atoms with E-state index in [1.165, 1.54) is 24.0 Å². The molecule has 1 aromatic carbocycles. The Balaban J connectivity index is 2.00. The van der Waals surface area contributed by atoms with Crippen molar-refractivity contribution >= 4 is 12.2 Å². The summed E-state index contributed by atoms with van der Waals surface area (Å²) in [4.78, 5) is 4.46. The van der Waals surface area contributed by atoms with Gasteiger partial charge in [-0.2, -0.15) is 0 Å². The molecule has 2 aromatic rings. The van der Waals surface area contributed by atoms with E-state index in [-0.39, 0.29) is 0 Å². The molecule has 0 fully saturated rings. The molecule has 0 radical (unpaired) electrons. The second-order valence-electron chi connectivity index (χ2n) is 4.44. The van der Waals surface area contributed by atoms with Crippen LogP contribution in [-0.2, 0) is 6.42 Å². The third-order valence-corrected chi connectivity index (χ3v) is 2.91. The van der Waals surface area contributed by atoms with Crippen molar-refractivity contribution in [3.63, 3.8) is 0 Å². The summed E-state index contributed by atoms with van der Waals surface area (Å²) in [6.07, 6.45) is 9.73. The largest absolute Gasteiger partial charge is 0.257 e. The first-order valence-electron chi connectivity index (χ1n) is 6.56. The lowest BCUT2D eigenvalue weighted by molar-refractivity contribution is 0.792. The Kier molecular flexibility index (Phi) is 4.71. The van der Waals surface area contributed by atoms with Crippen molar-refractivity contribution in [1.29, 1.82) is 0 Å². The summed E-state index contributed by atoms with van der Waals surface area (Å²) in [7, 11) is 0. The number of unbranched alkanes of at least 4 members (excludes halogenated alkanes) is 1. The summed E-state index contributed by atoms with van der Waals surface area (Å²) < 4.78 is 0. The molecule has 0 spiro atoms. The van der Waals surface area contributed by atoms with E-state index in [1.807, 2.05) is 24.4 Å². The summed E-state index contributed by atoms with van der Waals surface area (Å²) in [6.45, 7) is 2.21. The number of nitrogens with zero attached hydrogens (tertiary/aromatic N) is 1. The van der Waals surface area contributed by atoms with Crippen LogP contribution < -0.4 is 0 Å². The summed E-state index contributed by atoms with van der Waals surface area (Å²) >= 11 is 0. The monoisotopic (exact) mass is 237 g/mol. The predicted octanol–water partition coefficient (Wildman–Crippen LogP) is 4.59. The van der Waals surface area contributed by atoms with Gasteiger partial charge in [-0.1, -0.05) is 55.8 Å². The predicted molar refractivity (Wildman–Crippen MR) is 78.2 cm³/mol. The average Bonchev–Trinajstić information content (AvgIpc) is 2.45. The van der Waals surface area contributed by atoms with Crippen molar-refractivity contribution < 1.29 is 0 Å². The zero-order valence-corrected chi connectivity index (χ0v) is 10.8. The highest BCUT2D eigenvalue weighted by Crippen LogP contribution is 2.08. The average molecular weight is 237 g/mol. The molecule has 0 aliphatic rings. The Hall–Kier alpha value is -1.89. The number of benzene rings is 1. The number of pyridine rings is 1. The normalized spacial score (nSPS) is 10.9. The van der Waals surface area contributed by atoms with Gasteiger partial charge in [-0.3, -0.25) is 4.98 Å². The van der Waals surface area contributed by atoms with Crippen molar-refractivity contribution in [2.24, 2.45) is 0 Å². The molecule has 0 aliphatic carbocycles. The first kappa shape index (κ1) is 12.6. The van der Waals surface area contributed by atoms with Crippen LogP contribution in [0.5, 0.6) is 0 Å². The minimum Gasteiger partial charge on any atom is -0.257 e. The highest BCUT2D eigenvalue weighted by Gasteiger charge is 1.93. The van der Waals surface area contributed by atoms with Gasteiger partial charge < -0.3 is 0 Å². The lowest BCUT2D eigenvalue weighted by atomic mass is 10.1. The van der Waals surface area contributed by atoms with Gasteiger partial charge in [0.1, 0.15) is 0 Å². The van der Waals surface area contributed by atoms with E-state index in [0.717, 1.165) is 12.1 Å². The Morgan fingerprint density at radius 2 is 1.83 bits per heavy atom. The maximum atomic E-state index is 4.46. The highest BCUT2D eigenvalue weighted by atomic mass is 14.7. The fourth-order valence-electron chi connectivity index (χ4n) is 1.81. The lowest BCUT2D eigenvalue weighted by Gasteiger charge is -1.99. The maximum Gasteiger partial charge on any atom is 0.0630 e. The fourth-order valence-corrected chi connectivity index (χ4v) is 1.81. The van der Waals surface area contributed by atoms with Gasteiger partial charge in [-0.25, -0.2) is 0 Å². The van der Waals surface area contributed by atoms with E-state index in [9.17, 15) is 0 Å². The van der Waals surface area contributed by atoms with Gasteiger partial charge in [0.2, 0.25) is 0 Å². The molecule has 0 unspecified atom stereocenters. The molecule has 0 saturated carbocycles. The molecular weight excluding hydrogens is 218 g/mol. The lowest BCUT2D eigenvalue weighted by Crippen LogP contribution is -1.87. The van der Waals surface area contributed by atoms with Gasteiger partial charge in [0.25, 0.3) is 0 Å². The molecule has 92 valence electrons. The van der Waals surface area contributed by atoms with Gasteiger partial charge in [0, 0.05) is 6.20 Å². The summed E-state index contributed by atoms with van der Waals surface area (Å²) in [5.74, 6) is 0. The highest BCUT2D eigenvalue weighted by molar-refractivity contribution is 5.67. The Labute approximate surface area is 109 Å². The molecular formula is C17H19N. The van der Waals surface area contributed by atoms with Crippen LogP contribution in [-0.4, -0.2) is 4.98 Å². The third kappa shape index (κ3) is 3.85. The molecule has 1 aromatic heterocycles. The smallest absolute Gasteiger partial charge is 0.0630 e. The number of aryl methyl sites for hydroxylation is 1. The van der Waals surface area contributed by atoms with E-state index in [4.69, 9.17) is 0 Å². The molecule has 0 amide bonds. The molecule has 0 atom stereocenters. The van der Waals surface area contributed by atoms with Gasteiger partial charge >= 0.3 is 0 Å². The standard InChI is InChI=1S/C17H19N/c1-2-3-7-16-11-13-17(18-14-16)12-10-15-8-5-4-6-9-15/h4-6,8-14H,2-3,7H2,1H3/b12-10-. The molecule has 1 heteroatoms. The van der Waals surface area contributed by atoms with Crippen molar-refractivity contribution in [2.45, 2.75) is 26.2 Å². The molecule has 1 nitrogen and oxygen atoms in total. The summed E-state index contributed by atoms with van der Waals surface area (Å²) in [6, 6.07) is 14.6. The van der Waals surface area contributed by atoms with Crippen molar-refractivity contribution in [2.75, 3.05) is 0 Å². The third-order valence-electron chi connectivity index (χ3n) is 2.91. The molecule has 2 rings (SSSR count). The molecule has 0 N–H and O–H groups in total. The van der Waals surface area contributed by atoms with Gasteiger partial charge in [0.05, 0.1) is 5.69 Å². The summed E-state index contributed by atoms with van der Waals surface area (Å²) in [5.41, 5.74) is 3.54. The first-order valence-corrected chi connectivity index (χ1v) is 6.56. The summed E-state index contributed by atoms with van der Waals surface area (Å²) in [5, 5.41) is 0. The van der Waals surface area contributed by atoms with Crippen molar-refractivity contribution in [3.8, 4) is 0 Å². The molecule has 1 heterocycles. The zero-order chi connectivity index (χ0) is 12.6. The topological polar surface area (TPSA) is 12.9 Å². The van der Waals surface area contributed by atoms with E-state index in [1.54, 1.807) is 0 Å². The SMILES string of the molecule is CCCCc1ccc(/C=C\c2ccccc2)nc1. The molecule has 0 aliphatic heterocycles. The fraction of sp³-hybridized carbons (Fsp3) is 0.235. The molecule has 0 bridgehead atoms. The second kappa shape index (κ2) is 6.75. The van der Waals surface area contributed by atoms with E-state index >= 15 is 0 Å². The van der Waals surface area contributed by atoms with E-state index in [0.29, 0.717) is 0 Å². The van der Waals surface area contributed by atoms with Crippen LogP contribution in [0, 0.1) is 0 Å². The van der Waals surface area contributed by atoms with Gasteiger partial charge in [0.15, 0.2) is 0 Å². The minimum atomic E-state index is 1.01. The minimum absolute atomic E-state index is 1.01. The maximum absolute atomic E-state index is 4.46. The number of rotatable bonds is 5. The van der Waals surface area contributed by atoms with Gasteiger partial charge in [-0.15, -0.1) is 0 Å². The Bertz CT molecular complexity index is 483. The van der Waals surface area contributed by atoms with Crippen LogP contribution in [0.1, 0.15) is 36.6 Å². The number of hydrogen-bond acceptors (Lipinski definition) is 1. The van der Waals surface area contributed by atoms with Crippen LogP contribution in [0.2, 0.25) is 0 Å². The zero-order valence-electron chi connectivity index (χ0n) is 10.8. The van der Waals surface area contributed by atoms with Gasteiger partial charge in [-0.05, 0) is 36.1 Å². The second-order valence-corrected chi connectivity index (χ2v) is 4.44. The van der Waals surface area contributed by atoms with Crippen molar-refractivity contribution in [1.82, 2.24) is 4.98 Å². The van der Waals surface area contributed by atoms with Crippen molar-refractivity contribution in [3.05, 3.63) is 65.5 Å². The number of aromatic nitrogens is 1. The first-order chi connectivity index (χ1) is 8.88.